The van der Waals surface area contributed by atoms with E-state index in [1.165, 1.54) is 6.07 Å². The quantitative estimate of drug-likeness (QED) is 0.476. The summed E-state index contributed by atoms with van der Waals surface area (Å²) in [6.07, 6.45) is 1.82. The molecule has 1 heterocycles. The van der Waals surface area contributed by atoms with Crippen molar-refractivity contribution in [2.75, 3.05) is 0 Å². The molecule has 0 saturated heterocycles. The highest BCUT2D eigenvalue weighted by molar-refractivity contribution is 5.86. The molecule has 29 heavy (non-hydrogen) atoms. The number of ether oxygens (including phenoxy) is 2. The van der Waals surface area contributed by atoms with Crippen LogP contribution in [0.25, 0.3) is 11.0 Å². The Morgan fingerprint density at radius 2 is 1.83 bits per heavy atom. The van der Waals surface area contributed by atoms with E-state index in [-0.39, 0.29) is 17.3 Å². The van der Waals surface area contributed by atoms with E-state index in [1.807, 2.05) is 0 Å². The molecule has 1 atom stereocenters. The molecule has 0 aliphatic heterocycles. The number of carbonyl (C=O) groups excluding carboxylic acids is 2. The summed E-state index contributed by atoms with van der Waals surface area (Å²) < 4.78 is 16.1. The van der Waals surface area contributed by atoms with E-state index in [4.69, 9.17) is 13.9 Å². The lowest BCUT2D eigenvalue weighted by molar-refractivity contribution is -0.137. The summed E-state index contributed by atoms with van der Waals surface area (Å²) in [4.78, 5) is 36.9. The van der Waals surface area contributed by atoms with Crippen LogP contribution in [0.2, 0.25) is 0 Å². The van der Waals surface area contributed by atoms with E-state index in [1.54, 1.807) is 46.8 Å². The van der Waals surface area contributed by atoms with Gasteiger partial charge in [-0.25, -0.2) is 14.4 Å². The minimum Gasteiger partial charge on any atom is -0.444 e. The van der Waals surface area contributed by atoms with Crippen LogP contribution in [0.1, 0.15) is 52.2 Å². The standard InChI is InChI=1S/C22H27NO6/c1-12(2)18(23-21(26)29-22(3,4)5)20(25)27-13-9-10-15-14-7-6-8-16(14)19(24)28-17(15)11-13/h9-12,18H,6-8H2,1-5H3,(H,23,26)/t18-/m0/s1. The minimum atomic E-state index is -0.882. The Morgan fingerprint density at radius 1 is 1.14 bits per heavy atom. The first-order valence-electron chi connectivity index (χ1n) is 9.85. The SMILES string of the molecule is CC(C)[C@H](NC(=O)OC(C)(C)C)C(=O)Oc1ccc2c3c(c(=O)oc2c1)CCC3. The number of benzene rings is 1. The molecule has 1 aliphatic rings. The maximum absolute atomic E-state index is 12.7. The second-order valence-electron chi connectivity index (χ2n) is 8.65. The van der Waals surface area contributed by atoms with Crippen LogP contribution in [0, 0.1) is 5.92 Å². The highest BCUT2D eigenvalue weighted by atomic mass is 16.6. The van der Waals surface area contributed by atoms with Crippen LogP contribution >= 0.6 is 0 Å². The molecule has 0 bridgehead atoms. The number of rotatable bonds is 4. The summed E-state index contributed by atoms with van der Waals surface area (Å²) in [6.45, 7) is 8.83. The van der Waals surface area contributed by atoms with Crippen molar-refractivity contribution in [3.8, 4) is 5.75 Å². The number of carbonyl (C=O) groups is 2. The van der Waals surface area contributed by atoms with Crippen molar-refractivity contribution in [3.05, 3.63) is 39.7 Å². The first kappa shape index (κ1) is 20.9. The second kappa shape index (κ2) is 7.89. The van der Waals surface area contributed by atoms with E-state index in [2.05, 4.69) is 5.32 Å². The van der Waals surface area contributed by atoms with Gasteiger partial charge in [0.25, 0.3) is 0 Å². The van der Waals surface area contributed by atoms with Crippen LogP contribution < -0.4 is 15.7 Å². The molecule has 0 saturated carbocycles. The van der Waals surface area contributed by atoms with Crippen molar-refractivity contribution >= 4 is 23.0 Å². The van der Waals surface area contributed by atoms with Crippen LogP contribution in [-0.4, -0.2) is 23.7 Å². The third kappa shape index (κ3) is 4.78. The molecular weight excluding hydrogens is 374 g/mol. The molecule has 1 aromatic carbocycles. The van der Waals surface area contributed by atoms with Gasteiger partial charge in [-0.3, -0.25) is 0 Å². The van der Waals surface area contributed by atoms with Crippen LogP contribution in [0.4, 0.5) is 4.79 Å². The number of hydrogen-bond donors (Lipinski definition) is 1. The molecule has 0 radical (unpaired) electrons. The zero-order valence-electron chi connectivity index (χ0n) is 17.5. The fourth-order valence-corrected chi connectivity index (χ4v) is 3.44. The van der Waals surface area contributed by atoms with E-state index < -0.39 is 23.7 Å². The van der Waals surface area contributed by atoms with Gasteiger partial charge in [-0.05, 0) is 63.6 Å². The number of alkyl carbamates (subject to hydrolysis) is 1. The Hall–Kier alpha value is -2.83. The molecular formula is C22H27NO6. The average Bonchev–Trinajstić information content (AvgIpc) is 3.08. The zero-order chi connectivity index (χ0) is 21.3. The van der Waals surface area contributed by atoms with Gasteiger partial charge < -0.3 is 19.2 Å². The van der Waals surface area contributed by atoms with E-state index in [9.17, 15) is 14.4 Å². The van der Waals surface area contributed by atoms with Crippen molar-refractivity contribution in [2.45, 2.75) is 65.5 Å². The molecule has 3 rings (SSSR count). The second-order valence-corrected chi connectivity index (χ2v) is 8.65. The monoisotopic (exact) mass is 401 g/mol. The molecule has 1 aromatic heterocycles. The van der Waals surface area contributed by atoms with Crippen LogP contribution in [0.15, 0.2) is 27.4 Å². The third-order valence-corrected chi connectivity index (χ3v) is 4.76. The summed E-state index contributed by atoms with van der Waals surface area (Å²) >= 11 is 0. The number of aryl methyl sites for hydroxylation is 1. The third-order valence-electron chi connectivity index (χ3n) is 4.76. The molecule has 1 aliphatic carbocycles. The molecule has 7 heteroatoms. The number of amides is 1. The Morgan fingerprint density at radius 3 is 2.48 bits per heavy atom. The van der Waals surface area contributed by atoms with E-state index in [0.717, 1.165) is 35.8 Å². The fourth-order valence-electron chi connectivity index (χ4n) is 3.44. The first-order valence-corrected chi connectivity index (χ1v) is 9.85. The van der Waals surface area contributed by atoms with Gasteiger partial charge in [-0.15, -0.1) is 0 Å². The zero-order valence-corrected chi connectivity index (χ0v) is 17.5. The maximum atomic E-state index is 12.7. The Labute approximate surface area is 169 Å². The number of esters is 1. The average molecular weight is 401 g/mol. The maximum Gasteiger partial charge on any atom is 0.408 e. The lowest BCUT2D eigenvalue weighted by Gasteiger charge is -2.24. The van der Waals surface area contributed by atoms with Crippen molar-refractivity contribution in [2.24, 2.45) is 5.92 Å². The molecule has 0 fully saturated rings. The first-order chi connectivity index (χ1) is 13.5. The lowest BCUT2D eigenvalue weighted by Crippen LogP contribution is -2.48. The van der Waals surface area contributed by atoms with Crippen LogP contribution in [0.5, 0.6) is 5.75 Å². The van der Waals surface area contributed by atoms with Crippen molar-refractivity contribution in [1.29, 1.82) is 0 Å². The number of fused-ring (bicyclic) bond motifs is 3. The van der Waals surface area contributed by atoms with Gasteiger partial charge in [-0.1, -0.05) is 13.8 Å². The molecule has 1 N–H and O–H groups in total. The smallest absolute Gasteiger partial charge is 0.408 e. The molecule has 1 amide bonds. The van der Waals surface area contributed by atoms with E-state index >= 15 is 0 Å². The Kier molecular flexibility index (Phi) is 5.68. The summed E-state index contributed by atoms with van der Waals surface area (Å²) in [5, 5.41) is 3.43. The largest absolute Gasteiger partial charge is 0.444 e. The lowest BCUT2D eigenvalue weighted by atomic mass is 10.0. The van der Waals surface area contributed by atoms with Gasteiger partial charge in [0.15, 0.2) is 0 Å². The van der Waals surface area contributed by atoms with Crippen molar-refractivity contribution < 1.29 is 23.5 Å². The normalized spacial score (nSPS) is 14.6. The van der Waals surface area contributed by atoms with Crippen LogP contribution in [0.3, 0.4) is 0 Å². The summed E-state index contributed by atoms with van der Waals surface area (Å²) in [5.41, 5.74) is 1.14. The predicted molar refractivity (Wildman–Crippen MR) is 108 cm³/mol. The summed E-state index contributed by atoms with van der Waals surface area (Å²) in [5.74, 6) is -0.578. The molecule has 7 nitrogen and oxygen atoms in total. The van der Waals surface area contributed by atoms with Gasteiger partial charge in [0.05, 0.1) is 0 Å². The molecule has 0 unspecified atom stereocenters. The van der Waals surface area contributed by atoms with Gasteiger partial charge in [0.2, 0.25) is 0 Å². The van der Waals surface area contributed by atoms with Gasteiger partial charge in [-0.2, -0.15) is 0 Å². The van der Waals surface area contributed by atoms with Gasteiger partial charge in [0, 0.05) is 17.0 Å². The highest BCUT2D eigenvalue weighted by Crippen LogP contribution is 2.29. The highest BCUT2D eigenvalue weighted by Gasteiger charge is 2.29. The minimum absolute atomic E-state index is 0.211. The number of nitrogens with one attached hydrogen (secondary N) is 1. The molecule has 2 aromatic rings. The predicted octanol–water partition coefficient (Wildman–Crippen LogP) is 3.74. The topological polar surface area (TPSA) is 94.8 Å². The Balaban J connectivity index is 1.79. The summed E-state index contributed by atoms with van der Waals surface area (Å²) in [7, 11) is 0. The number of hydrogen-bond acceptors (Lipinski definition) is 6. The van der Waals surface area contributed by atoms with Crippen molar-refractivity contribution in [3.63, 3.8) is 0 Å². The molecule has 0 spiro atoms. The van der Waals surface area contributed by atoms with Crippen LogP contribution in [-0.2, 0) is 22.4 Å². The Bertz CT molecular complexity index is 999. The van der Waals surface area contributed by atoms with Gasteiger partial charge >= 0.3 is 17.7 Å². The molecule has 156 valence electrons. The van der Waals surface area contributed by atoms with Gasteiger partial charge in [0.1, 0.15) is 23.0 Å². The van der Waals surface area contributed by atoms with E-state index in [0.29, 0.717) is 5.58 Å². The fraction of sp³-hybridized carbons (Fsp3) is 0.500. The summed E-state index contributed by atoms with van der Waals surface area (Å²) in [6, 6.07) is 4.13. The van der Waals surface area contributed by atoms with Crippen molar-refractivity contribution in [1.82, 2.24) is 5.32 Å².